The topological polar surface area (TPSA) is 75.8 Å². The van der Waals surface area contributed by atoms with Crippen LogP contribution in [0.5, 0.6) is 0 Å². The van der Waals surface area contributed by atoms with E-state index in [1.807, 2.05) is 0 Å². The smallest absolute Gasteiger partial charge is 0.338 e. The summed E-state index contributed by atoms with van der Waals surface area (Å²) in [6.07, 6.45) is 5.43. The summed E-state index contributed by atoms with van der Waals surface area (Å²) >= 11 is 8.97. The SMILES string of the molecule is CCN(Cc1cc(C(=O)OCC(O)CCl)cc(Br)c1N)C1CCCCC1. The second-order valence-electron chi connectivity index (χ2n) is 6.79. The number of aliphatic hydroxyl groups is 1. The van der Waals surface area contributed by atoms with Gasteiger partial charge in [-0.3, -0.25) is 4.90 Å². The average molecular weight is 448 g/mol. The summed E-state index contributed by atoms with van der Waals surface area (Å²) in [5.41, 5.74) is 8.23. The molecule has 1 aliphatic rings. The molecule has 1 atom stereocenters. The number of rotatable bonds is 8. The van der Waals surface area contributed by atoms with Crippen molar-refractivity contribution < 1.29 is 14.6 Å². The van der Waals surface area contributed by atoms with Gasteiger partial charge in [-0.05, 0) is 53.0 Å². The number of hydrogen-bond donors (Lipinski definition) is 2. The van der Waals surface area contributed by atoms with Gasteiger partial charge in [-0.1, -0.05) is 26.2 Å². The van der Waals surface area contributed by atoms with Crippen molar-refractivity contribution in [2.75, 3.05) is 24.8 Å². The Hall–Kier alpha value is -0.820. The first-order valence-corrected chi connectivity index (χ1v) is 10.5. The molecule has 0 aromatic heterocycles. The highest BCUT2D eigenvalue weighted by Gasteiger charge is 2.22. The van der Waals surface area contributed by atoms with Gasteiger partial charge in [0.05, 0.1) is 17.1 Å². The number of nitrogens with zero attached hydrogens (tertiary/aromatic N) is 1. The Morgan fingerprint density at radius 2 is 2.12 bits per heavy atom. The van der Waals surface area contributed by atoms with Gasteiger partial charge < -0.3 is 15.6 Å². The molecule has 7 heteroatoms. The number of carbonyl (C=O) groups excluding carboxylic acids is 1. The molecule has 1 aromatic rings. The number of hydrogen-bond acceptors (Lipinski definition) is 5. The number of nitrogens with two attached hydrogens (primary N) is 1. The fourth-order valence-electron chi connectivity index (χ4n) is 3.39. The number of ether oxygens (including phenoxy) is 1. The molecule has 0 saturated heterocycles. The molecule has 0 spiro atoms. The Labute approximate surface area is 169 Å². The first-order valence-electron chi connectivity index (χ1n) is 9.19. The average Bonchev–Trinajstić information content (AvgIpc) is 2.67. The molecule has 146 valence electrons. The molecule has 1 saturated carbocycles. The molecule has 0 aliphatic heterocycles. The molecule has 3 N–H and O–H groups in total. The summed E-state index contributed by atoms with van der Waals surface area (Å²) in [6.45, 7) is 3.68. The van der Waals surface area contributed by atoms with Crippen molar-refractivity contribution in [3.05, 3.63) is 27.7 Å². The fourth-order valence-corrected chi connectivity index (χ4v) is 3.98. The van der Waals surface area contributed by atoms with Gasteiger partial charge in [0.2, 0.25) is 0 Å². The summed E-state index contributed by atoms with van der Waals surface area (Å²) in [5, 5.41) is 9.46. The lowest BCUT2D eigenvalue weighted by molar-refractivity contribution is 0.0303. The second kappa shape index (κ2) is 10.5. The molecule has 2 rings (SSSR count). The Bertz CT molecular complexity index is 609. The molecule has 0 amide bonds. The van der Waals surface area contributed by atoms with Crippen LogP contribution in [0.15, 0.2) is 16.6 Å². The second-order valence-corrected chi connectivity index (χ2v) is 7.96. The van der Waals surface area contributed by atoms with Crippen LogP contribution in [0.1, 0.15) is 54.9 Å². The Balaban J connectivity index is 2.14. The lowest BCUT2D eigenvalue weighted by Gasteiger charge is -2.34. The number of carbonyl (C=O) groups is 1. The molecule has 0 bridgehead atoms. The number of esters is 1. The van der Waals surface area contributed by atoms with Crippen molar-refractivity contribution in [1.29, 1.82) is 0 Å². The number of aliphatic hydroxyl groups excluding tert-OH is 1. The van der Waals surface area contributed by atoms with Crippen LogP contribution >= 0.6 is 27.5 Å². The van der Waals surface area contributed by atoms with Gasteiger partial charge in [0.25, 0.3) is 0 Å². The Morgan fingerprint density at radius 1 is 1.42 bits per heavy atom. The predicted octanol–water partition coefficient (Wildman–Crippen LogP) is 3.94. The van der Waals surface area contributed by atoms with Crippen molar-refractivity contribution in [3.8, 4) is 0 Å². The lowest BCUT2D eigenvalue weighted by Crippen LogP contribution is -2.36. The van der Waals surface area contributed by atoms with Gasteiger partial charge in [-0.2, -0.15) is 0 Å². The molecule has 1 aromatic carbocycles. The predicted molar refractivity (Wildman–Crippen MR) is 109 cm³/mol. The molecule has 26 heavy (non-hydrogen) atoms. The molecule has 1 aliphatic carbocycles. The maximum atomic E-state index is 12.3. The number of alkyl halides is 1. The quantitative estimate of drug-likeness (QED) is 0.358. The number of nitrogen functional groups attached to an aromatic ring is 1. The Morgan fingerprint density at radius 3 is 2.73 bits per heavy atom. The molecule has 0 radical (unpaired) electrons. The molecule has 1 fully saturated rings. The molecular weight excluding hydrogens is 420 g/mol. The minimum absolute atomic E-state index is 0.0246. The van der Waals surface area contributed by atoms with Crippen molar-refractivity contribution in [2.24, 2.45) is 0 Å². The molecule has 1 unspecified atom stereocenters. The highest BCUT2D eigenvalue weighted by atomic mass is 79.9. The van der Waals surface area contributed by atoms with Gasteiger partial charge in [-0.15, -0.1) is 11.6 Å². The van der Waals surface area contributed by atoms with E-state index in [-0.39, 0.29) is 12.5 Å². The first-order chi connectivity index (χ1) is 12.5. The third-order valence-corrected chi connectivity index (χ3v) is 5.92. The van der Waals surface area contributed by atoms with E-state index in [1.165, 1.54) is 32.1 Å². The first kappa shape index (κ1) is 21.5. The molecular formula is C19H28BrClN2O3. The number of halogens is 2. The minimum atomic E-state index is -0.862. The highest BCUT2D eigenvalue weighted by Crippen LogP contribution is 2.30. The highest BCUT2D eigenvalue weighted by molar-refractivity contribution is 9.10. The standard InChI is InChI=1S/C19H28BrClN2O3/c1-2-23(15-6-4-3-5-7-15)11-14-8-13(9-17(20)18(14)22)19(25)26-12-16(24)10-21/h8-9,15-16,24H,2-7,10-12,22H2,1H3. The third-order valence-electron chi connectivity index (χ3n) is 4.91. The van der Waals surface area contributed by atoms with E-state index in [0.717, 1.165) is 12.1 Å². The third kappa shape index (κ3) is 5.84. The van der Waals surface area contributed by atoms with Gasteiger partial charge in [-0.25, -0.2) is 4.79 Å². The van der Waals surface area contributed by atoms with Crippen LogP contribution in [-0.4, -0.2) is 47.2 Å². The maximum Gasteiger partial charge on any atom is 0.338 e. The van der Waals surface area contributed by atoms with Crippen LogP contribution < -0.4 is 5.73 Å². The van der Waals surface area contributed by atoms with Crippen molar-refractivity contribution in [3.63, 3.8) is 0 Å². The number of benzene rings is 1. The van der Waals surface area contributed by atoms with Gasteiger partial charge in [0.1, 0.15) is 12.7 Å². The van der Waals surface area contributed by atoms with Crippen molar-refractivity contribution in [2.45, 2.75) is 57.7 Å². The summed E-state index contributed by atoms with van der Waals surface area (Å²) in [4.78, 5) is 14.7. The number of anilines is 1. The molecule has 5 nitrogen and oxygen atoms in total. The van der Waals surface area contributed by atoms with E-state index in [1.54, 1.807) is 12.1 Å². The molecule has 0 heterocycles. The van der Waals surface area contributed by atoms with Crippen LogP contribution in [0.25, 0.3) is 0 Å². The zero-order valence-corrected chi connectivity index (χ0v) is 17.6. The monoisotopic (exact) mass is 446 g/mol. The van der Waals surface area contributed by atoms with E-state index < -0.39 is 12.1 Å². The van der Waals surface area contributed by atoms with Gasteiger partial charge in [0.15, 0.2) is 0 Å². The van der Waals surface area contributed by atoms with Crippen LogP contribution in [0.4, 0.5) is 5.69 Å². The van der Waals surface area contributed by atoms with E-state index >= 15 is 0 Å². The lowest BCUT2D eigenvalue weighted by atomic mass is 9.93. The van der Waals surface area contributed by atoms with Crippen molar-refractivity contribution in [1.82, 2.24) is 4.90 Å². The van der Waals surface area contributed by atoms with Gasteiger partial charge in [0, 0.05) is 17.1 Å². The Kier molecular flexibility index (Phi) is 8.67. The summed E-state index contributed by atoms with van der Waals surface area (Å²) in [5.74, 6) is -0.464. The van der Waals surface area contributed by atoms with E-state index in [2.05, 4.69) is 27.8 Å². The van der Waals surface area contributed by atoms with E-state index in [4.69, 9.17) is 22.1 Å². The fraction of sp³-hybridized carbons (Fsp3) is 0.632. The summed E-state index contributed by atoms with van der Waals surface area (Å²) < 4.78 is 5.81. The van der Waals surface area contributed by atoms with E-state index in [0.29, 0.717) is 28.3 Å². The summed E-state index contributed by atoms with van der Waals surface area (Å²) in [7, 11) is 0. The van der Waals surface area contributed by atoms with Crippen LogP contribution in [-0.2, 0) is 11.3 Å². The van der Waals surface area contributed by atoms with E-state index in [9.17, 15) is 9.90 Å². The van der Waals surface area contributed by atoms with Crippen LogP contribution in [0.2, 0.25) is 0 Å². The zero-order chi connectivity index (χ0) is 19.1. The van der Waals surface area contributed by atoms with Crippen LogP contribution in [0, 0.1) is 0 Å². The normalized spacial score (nSPS) is 16.7. The maximum absolute atomic E-state index is 12.3. The largest absolute Gasteiger partial charge is 0.459 e. The van der Waals surface area contributed by atoms with Gasteiger partial charge >= 0.3 is 5.97 Å². The van der Waals surface area contributed by atoms with Crippen LogP contribution in [0.3, 0.4) is 0 Å². The zero-order valence-electron chi connectivity index (χ0n) is 15.2. The minimum Gasteiger partial charge on any atom is -0.459 e. The summed E-state index contributed by atoms with van der Waals surface area (Å²) in [6, 6.07) is 4.02. The van der Waals surface area contributed by atoms with Crippen molar-refractivity contribution >= 4 is 39.2 Å².